The summed E-state index contributed by atoms with van der Waals surface area (Å²) in [5, 5.41) is 0. The minimum absolute atomic E-state index is 0.918. The molecule has 2 rings (SSSR count). The maximum absolute atomic E-state index is 2.83. The van der Waals surface area contributed by atoms with Gasteiger partial charge in [0.1, 0.15) is 8.24 Å². The summed E-state index contributed by atoms with van der Waals surface area (Å²) >= 11 is 0. The first-order valence-electron chi connectivity index (χ1n) is 4.89. The number of rotatable bonds is 1. The molecule has 0 aromatic rings. The third kappa shape index (κ3) is 1.27. The van der Waals surface area contributed by atoms with Crippen molar-refractivity contribution in [3.05, 3.63) is 0 Å². The Morgan fingerprint density at radius 2 is 1.45 bits per heavy atom. The zero-order valence-corrected chi connectivity index (χ0v) is 8.93. The Balaban J connectivity index is 2.00. The first-order chi connectivity index (χ1) is 5.11. The van der Waals surface area contributed by atoms with Gasteiger partial charge in [-0.1, -0.05) is 32.5 Å². The van der Waals surface area contributed by atoms with Crippen LogP contribution in [0.1, 0.15) is 25.7 Å². The highest BCUT2D eigenvalue weighted by molar-refractivity contribution is 6.74. The molecule has 0 radical (unpaired) electrons. The number of hydrogen-bond acceptors (Lipinski definition) is 1. The highest BCUT2D eigenvalue weighted by Crippen LogP contribution is 2.43. The monoisotopic (exact) mass is 169 g/mol. The van der Waals surface area contributed by atoms with E-state index in [-0.39, 0.29) is 0 Å². The average molecular weight is 169 g/mol. The van der Waals surface area contributed by atoms with Crippen LogP contribution in [0.4, 0.5) is 0 Å². The molecule has 2 unspecified atom stereocenters. The summed E-state index contributed by atoms with van der Waals surface area (Å²) in [5.74, 6) is 0. The zero-order valence-electron chi connectivity index (χ0n) is 7.93. The van der Waals surface area contributed by atoms with Gasteiger partial charge in [-0.05, 0) is 12.8 Å². The summed E-state index contributed by atoms with van der Waals surface area (Å²) in [5.41, 5.74) is 0. The van der Waals surface area contributed by atoms with E-state index >= 15 is 0 Å². The van der Waals surface area contributed by atoms with Crippen molar-refractivity contribution in [3.63, 3.8) is 0 Å². The summed E-state index contributed by atoms with van der Waals surface area (Å²) < 4.78 is 2.83. The molecule has 1 aliphatic carbocycles. The van der Waals surface area contributed by atoms with E-state index in [0.717, 1.165) is 12.1 Å². The quantitative estimate of drug-likeness (QED) is 0.430. The van der Waals surface area contributed by atoms with Gasteiger partial charge in [-0.15, -0.1) is 0 Å². The van der Waals surface area contributed by atoms with Crippen LogP contribution in [0.2, 0.25) is 19.6 Å². The fourth-order valence-corrected chi connectivity index (χ4v) is 5.23. The van der Waals surface area contributed by atoms with E-state index in [1.165, 1.54) is 25.7 Å². The lowest BCUT2D eigenvalue weighted by Crippen LogP contribution is -2.34. The standard InChI is InChI=1S/C9H19NSi/c1-11(2,3)10-8-6-4-5-7-9(8)10/h8-9H,4-7H2,1-3H3. The van der Waals surface area contributed by atoms with Crippen molar-refractivity contribution in [1.82, 2.24) is 4.57 Å². The van der Waals surface area contributed by atoms with Crippen LogP contribution in [0.3, 0.4) is 0 Å². The van der Waals surface area contributed by atoms with Crippen LogP contribution in [0.15, 0.2) is 0 Å². The van der Waals surface area contributed by atoms with E-state index in [1.807, 2.05) is 0 Å². The number of fused-ring (bicyclic) bond motifs is 1. The average Bonchev–Trinajstić information content (AvgIpc) is 2.58. The molecule has 0 aromatic heterocycles. The van der Waals surface area contributed by atoms with E-state index in [2.05, 4.69) is 24.2 Å². The highest BCUT2D eigenvalue weighted by atomic mass is 28.3. The van der Waals surface area contributed by atoms with Crippen molar-refractivity contribution in [3.8, 4) is 0 Å². The van der Waals surface area contributed by atoms with E-state index in [1.54, 1.807) is 0 Å². The van der Waals surface area contributed by atoms with E-state index < -0.39 is 8.24 Å². The molecule has 0 amide bonds. The summed E-state index contributed by atoms with van der Waals surface area (Å²) in [6, 6.07) is 2.05. The van der Waals surface area contributed by atoms with Gasteiger partial charge in [-0.3, -0.25) is 0 Å². The Morgan fingerprint density at radius 1 is 1.00 bits per heavy atom. The maximum atomic E-state index is 2.83. The van der Waals surface area contributed by atoms with Crippen LogP contribution >= 0.6 is 0 Å². The molecule has 0 bridgehead atoms. The number of nitrogens with zero attached hydrogens (tertiary/aromatic N) is 1. The second-order valence-electron chi connectivity index (χ2n) is 5.00. The molecule has 0 N–H and O–H groups in total. The van der Waals surface area contributed by atoms with Crippen molar-refractivity contribution in [1.29, 1.82) is 0 Å². The molecule has 0 spiro atoms. The van der Waals surface area contributed by atoms with E-state index in [0.29, 0.717) is 0 Å². The molecule has 11 heavy (non-hydrogen) atoms. The summed E-state index contributed by atoms with van der Waals surface area (Å²) in [6.07, 6.45) is 5.97. The summed E-state index contributed by atoms with van der Waals surface area (Å²) in [6.45, 7) is 7.43. The SMILES string of the molecule is C[Si](C)(C)N1C2CCCCC21. The summed E-state index contributed by atoms with van der Waals surface area (Å²) in [4.78, 5) is 0. The van der Waals surface area contributed by atoms with Crippen LogP contribution in [0.5, 0.6) is 0 Å². The second-order valence-corrected chi connectivity index (χ2v) is 9.86. The fraction of sp³-hybridized carbons (Fsp3) is 1.00. The number of hydrogen-bond donors (Lipinski definition) is 0. The lowest BCUT2D eigenvalue weighted by Gasteiger charge is -2.18. The molecule has 2 aliphatic rings. The molecule has 64 valence electrons. The molecule has 2 fully saturated rings. The zero-order chi connectivity index (χ0) is 8.06. The van der Waals surface area contributed by atoms with Gasteiger partial charge in [-0.2, -0.15) is 0 Å². The molecule has 0 aromatic carbocycles. The predicted octanol–water partition coefficient (Wildman–Crippen LogP) is 2.45. The third-order valence-electron chi connectivity index (χ3n) is 3.09. The lowest BCUT2D eigenvalue weighted by molar-refractivity contribution is 0.571. The Morgan fingerprint density at radius 3 is 1.82 bits per heavy atom. The van der Waals surface area contributed by atoms with Crippen molar-refractivity contribution in [2.24, 2.45) is 0 Å². The van der Waals surface area contributed by atoms with Gasteiger partial charge >= 0.3 is 0 Å². The van der Waals surface area contributed by atoms with E-state index in [4.69, 9.17) is 0 Å². The maximum Gasteiger partial charge on any atom is 0.119 e. The molecule has 1 heterocycles. The van der Waals surface area contributed by atoms with Crippen molar-refractivity contribution in [2.45, 2.75) is 57.4 Å². The van der Waals surface area contributed by atoms with Gasteiger partial charge in [0, 0.05) is 12.1 Å². The molecule has 2 heteroatoms. The van der Waals surface area contributed by atoms with Crippen LogP contribution in [0.25, 0.3) is 0 Å². The largest absolute Gasteiger partial charge is 0.316 e. The molecule has 1 saturated heterocycles. The predicted molar refractivity (Wildman–Crippen MR) is 51.2 cm³/mol. The smallest absolute Gasteiger partial charge is 0.119 e. The Kier molecular flexibility index (Phi) is 1.65. The van der Waals surface area contributed by atoms with Crippen LogP contribution in [-0.2, 0) is 0 Å². The Hall–Kier alpha value is 0.177. The Labute approximate surface area is 70.9 Å². The second kappa shape index (κ2) is 2.33. The molecule has 2 atom stereocenters. The van der Waals surface area contributed by atoms with Crippen molar-refractivity contribution < 1.29 is 0 Å². The van der Waals surface area contributed by atoms with Gasteiger partial charge in [0.15, 0.2) is 0 Å². The van der Waals surface area contributed by atoms with Crippen molar-refractivity contribution >= 4 is 8.24 Å². The molecule has 1 aliphatic heterocycles. The van der Waals surface area contributed by atoms with Gasteiger partial charge in [0.05, 0.1) is 0 Å². The van der Waals surface area contributed by atoms with Gasteiger partial charge in [0.2, 0.25) is 0 Å². The van der Waals surface area contributed by atoms with Gasteiger partial charge in [-0.25, -0.2) is 0 Å². The molecular weight excluding hydrogens is 150 g/mol. The molecular formula is C9H19NSi. The lowest BCUT2D eigenvalue weighted by atomic mass is 10.0. The minimum Gasteiger partial charge on any atom is -0.316 e. The third-order valence-corrected chi connectivity index (χ3v) is 5.31. The first-order valence-corrected chi connectivity index (χ1v) is 8.34. The first kappa shape index (κ1) is 7.81. The minimum atomic E-state index is -0.918. The van der Waals surface area contributed by atoms with Crippen molar-refractivity contribution in [2.75, 3.05) is 0 Å². The molecule has 1 saturated carbocycles. The van der Waals surface area contributed by atoms with E-state index in [9.17, 15) is 0 Å². The van der Waals surface area contributed by atoms with Crippen LogP contribution < -0.4 is 0 Å². The molecule has 1 nitrogen and oxygen atoms in total. The van der Waals surface area contributed by atoms with Gasteiger partial charge in [0.25, 0.3) is 0 Å². The van der Waals surface area contributed by atoms with Crippen LogP contribution in [0, 0.1) is 0 Å². The highest BCUT2D eigenvalue weighted by Gasteiger charge is 2.53. The fourth-order valence-electron chi connectivity index (χ4n) is 2.70. The van der Waals surface area contributed by atoms with Gasteiger partial charge < -0.3 is 4.57 Å². The normalized spacial score (nSPS) is 43.4. The topological polar surface area (TPSA) is 3.01 Å². The van der Waals surface area contributed by atoms with Crippen LogP contribution in [-0.4, -0.2) is 24.9 Å². The Bertz CT molecular complexity index is 149. The summed E-state index contributed by atoms with van der Waals surface area (Å²) in [7, 11) is -0.918.